The van der Waals surface area contributed by atoms with Crippen LogP contribution in [0.1, 0.15) is 32.1 Å². The molecule has 0 aliphatic heterocycles. The van der Waals surface area contributed by atoms with Gasteiger partial charge in [0.25, 0.3) is 5.24 Å². The van der Waals surface area contributed by atoms with Crippen molar-refractivity contribution in [3.8, 4) is 11.1 Å². The van der Waals surface area contributed by atoms with E-state index in [-0.39, 0.29) is 5.24 Å². The summed E-state index contributed by atoms with van der Waals surface area (Å²) in [5.41, 5.74) is 3.16. The third-order valence-corrected chi connectivity index (χ3v) is 5.16. The molecular formula is C19H21NOS. The second kappa shape index (κ2) is 7.50. The van der Waals surface area contributed by atoms with Gasteiger partial charge in [0.05, 0.1) is 0 Å². The minimum absolute atomic E-state index is 0.0668. The van der Waals surface area contributed by atoms with Gasteiger partial charge in [-0.2, -0.15) is 0 Å². The zero-order valence-corrected chi connectivity index (χ0v) is 13.4. The second-order valence-corrected chi connectivity index (χ2v) is 7.01. The summed E-state index contributed by atoms with van der Waals surface area (Å²) in [4.78, 5) is 12.2. The predicted octanol–water partition coefficient (Wildman–Crippen LogP) is 5.95. The first-order valence-corrected chi connectivity index (χ1v) is 8.82. The van der Waals surface area contributed by atoms with E-state index in [9.17, 15) is 4.79 Å². The van der Waals surface area contributed by atoms with Crippen molar-refractivity contribution < 1.29 is 4.79 Å². The van der Waals surface area contributed by atoms with Gasteiger partial charge >= 0.3 is 0 Å². The van der Waals surface area contributed by atoms with Gasteiger partial charge in [-0.25, -0.2) is 0 Å². The van der Waals surface area contributed by atoms with Crippen LogP contribution in [0.15, 0.2) is 54.6 Å². The van der Waals surface area contributed by atoms with Crippen LogP contribution in [-0.2, 0) is 0 Å². The van der Waals surface area contributed by atoms with Crippen LogP contribution >= 0.6 is 11.8 Å². The van der Waals surface area contributed by atoms with E-state index in [1.807, 2.05) is 36.4 Å². The number of anilines is 1. The Morgan fingerprint density at radius 3 is 2.41 bits per heavy atom. The van der Waals surface area contributed by atoms with Gasteiger partial charge in [0.1, 0.15) is 0 Å². The van der Waals surface area contributed by atoms with Crippen LogP contribution in [0.25, 0.3) is 11.1 Å². The Labute approximate surface area is 136 Å². The molecule has 1 saturated carbocycles. The molecule has 2 aromatic carbocycles. The molecule has 1 aliphatic carbocycles. The molecule has 1 aliphatic rings. The molecule has 1 amide bonds. The molecule has 3 rings (SSSR count). The van der Waals surface area contributed by atoms with Crippen LogP contribution in [0.5, 0.6) is 0 Å². The van der Waals surface area contributed by atoms with E-state index in [1.54, 1.807) is 0 Å². The molecule has 0 radical (unpaired) electrons. The standard InChI is InChI=1S/C19H21NOS/c21-19(22-18-12-5-2-6-13-18)20-17-11-7-10-16(14-17)15-8-3-1-4-9-15/h1,3-4,7-11,14,18H,2,5-6,12-13H2,(H,20,21). The molecule has 0 unspecified atom stereocenters. The summed E-state index contributed by atoms with van der Waals surface area (Å²) < 4.78 is 0. The molecule has 0 bridgehead atoms. The van der Waals surface area contributed by atoms with Crippen molar-refractivity contribution in [2.75, 3.05) is 5.32 Å². The Morgan fingerprint density at radius 1 is 0.909 bits per heavy atom. The maximum Gasteiger partial charge on any atom is 0.283 e. The number of hydrogen-bond donors (Lipinski definition) is 1. The van der Waals surface area contributed by atoms with Crippen molar-refractivity contribution in [3.05, 3.63) is 54.6 Å². The lowest BCUT2D eigenvalue weighted by molar-refractivity contribution is 0.269. The third kappa shape index (κ3) is 4.14. The van der Waals surface area contributed by atoms with Crippen molar-refractivity contribution >= 4 is 22.7 Å². The summed E-state index contributed by atoms with van der Waals surface area (Å²) in [6.07, 6.45) is 6.17. The molecule has 22 heavy (non-hydrogen) atoms. The zero-order chi connectivity index (χ0) is 15.2. The Balaban J connectivity index is 1.64. The third-order valence-electron chi connectivity index (χ3n) is 4.04. The number of benzene rings is 2. The van der Waals surface area contributed by atoms with Crippen LogP contribution in [0.2, 0.25) is 0 Å². The molecule has 0 saturated heterocycles. The first-order valence-electron chi connectivity index (χ1n) is 7.94. The van der Waals surface area contributed by atoms with Crippen LogP contribution in [0, 0.1) is 0 Å². The summed E-state index contributed by atoms with van der Waals surface area (Å²) >= 11 is 1.47. The van der Waals surface area contributed by atoms with Crippen molar-refractivity contribution in [2.45, 2.75) is 37.4 Å². The largest absolute Gasteiger partial charge is 0.317 e. The van der Waals surface area contributed by atoms with E-state index >= 15 is 0 Å². The van der Waals surface area contributed by atoms with Crippen LogP contribution in [-0.4, -0.2) is 10.5 Å². The van der Waals surface area contributed by atoms with Gasteiger partial charge in [0, 0.05) is 10.9 Å². The fourth-order valence-corrected chi connectivity index (χ4v) is 3.94. The predicted molar refractivity (Wildman–Crippen MR) is 95.4 cm³/mol. The van der Waals surface area contributed by atoms with Crippen molar-refractivity contribution in [1.29, 1.82) is 0 Å². The minimum Gasteiger partial charge on any atom is -0.317 e. The maximum absolute atomic E-state index is 12.2. The van der Waals surface area contributed by atoms with Gasteiger partial charge in [0.2, 0.25) is 0 Å². The van der Waals surface area contributed by atoms with Gasteiger partial charge in [-0.1, -0.05) is 73.5 Å². The molecule has 0 heterocycles. The Kier molecular flexibility index (Phi) is 5.17. The number of carbonyl (C=O) groups excluding carboxylic acids is 1. The van der Waals surface area contributed by atoms with Crippen LogP contribution in [0.4, 0.5) is 10.5 Å². The first-order chi connectivity index (χ1) is 10.8. The first kappa shape index (κ1) is 15.2. The highest BCUT2D eigenvalue weighted by atomic mass is 32.2. The SMILES string of the molecule is O=C(Nc1cccc(-c2ccccc2)c1)SC1CCCCC1. The van der Waals surface area contributed by atoms with Crippen molar-refractivity contribution in [3.63, 3.8) is 0 Å². The molecule has 0 spiro atoms. The summed E-state index contributed by atoms with van der Waals surface area (Å²) in [6.45, 7) is 0. The zero-order valence-electron chi connectivity index (χ0n) is 12.6. The maximum atomic E-state index is 12.2. The Bertz CT molecular complexity index is 620. The molecule has 2 aromatic rings. The van der Waals surface area contributed by atoms with E-state index in [0.717, 1.165) is 11.3 Å². The number of nitrogens with one attached hydrogen (secondary N) is 1. The van der Waals surface area contributed by atoms with Crippen LogP contribution in [0.3, 0.4) is 0 Å². The van der Waals surface area contributed by atoms with Gasteiger partial charge in [-0.05, 0) is 36.1 Å². The molecule has 1 fully saturated rings. The van der Waals surface area contributed by atoms with E-state index in [0.29, 0.717) is 5.25 Å². The van der Waals surface area contributed by atoms with Gasteiger partial charge < -0.3 is 5.32 Å². The topological polar surface area (TPSA) is 29.1 Å². The van der Waals surface area contributed by atoms with Crippen LogP contribution < -0.4 is 5.32 Å². The molecule has 2 nitrogen and oxygen atoms in total. The lowest BCUT2D eigenvalue weighted by Crippen LogP contribution is -2.14. The van der Waals surface area contributed by atoms with E-state index in [2.05, 4.69) is 23.5 Å². The highest BCUT2D eigenvalue weighted by molar-refractivity contribution is 8.14. The van der Waals surface area contributed by atoms with Crippen molar-refractivity contribution in [1.82, 2.24) is 0 Å². The van der Waals surface area contributed by atoms with Crippen molar-refractivity contribution in [2.24, 2.45) is 0 Å². The highest BCUT2D eigenvalue weighted by Gasteiger charge is 2.17. The fourth-order valence-electron chi connectivity index (χ4n) is 2.89. The summed E-state index contributed by atoms with van der Waals surface area (Å²) in [6, 6.07) is 18.3. The lowest BCUT2D eigenvalue weighted by atomic mass is 10.0. The van der Waals surface area contributed by atoms with E-state index < -0.39 is 0 Å². The molecule has 114 valence electrons. The summed E-state index contributed by atoms with van der Waals surface area (Å²) in [5.74, 6) is 0. The number of amides is 1. The quantitative estimate of drug-likeness (QED) is 0.758. The van der Waals surface area contributed by atoms with Gasteiger partial charge in [0.15, 0.2) is 0 Å². The van der Waals surface area contributed by atoms with E-state index in [1.165, 1.54) is 49.4 Å². The average molecular weight is 311 g/mol. The van der Waals surface area contributed by atoms with Gasteiger partial charge in [-0.3, -0.25) is 4.79 Å². The molecular weight excluding hydrogens is 290 g/mol. The summed E-state index contributed by atoms with van der Waals surface area (Å²) in [5, 5.41) is 3.58. The smallest absolute Gasteiger partial charge is 0.283 e. The average Bonchev–Trinajstić information content (AvgIpc) is 2.57. The number of hydrogen-bond acceptors (Lipinski definition) is 2. The summed E-state index contributed by atoms with van der Waals surface area (Å²) in [7, 11) is 0. The Morgan fingerprint density at radius 2 is 1.64 bits per heavy atom. The molecule has 0 aromatic heterocycles. The lowest BCUT2D eigenvalue weighted by Gasteiger charge is -2.20. The monoisotopic (exact) mass is 311 g/mol. The second-order valence-electron chi connectivity index (χ2n) is 5.74. The molecule has 3 heteroatoms. The number of thioether (sulfide) groups is 1. The van der Waals surface area contributed by atoms with Gasteiger partial charge in [-0.15, -0.1) is 0 Å². The number of carbonyl (C=O) groups is 1. The normalized spacial score (nSPS) is 15.5. The molecule has 0 atom stereocenters. The number of rotatable bonds is 3. The minimum atomic E-state index is 0.0668. The Hall–Kier alpha value is -1.74. The molecule has 1 N–H and O–H groups in total. The van der Waals surface area contributed by atoms with E-state index in [4.69, 9.17) is 0 Å². The highest BCUT2D eigenvalue weighted by Crippen LogP contribution is 2.30. The fraction of sp³-hybridized carbons (Fsp3) is 0.316.